The first-order valence-corrected chi connectivity index (χ1v) is 10.7. The fraction of sp³-hybridized carbons (Fsp3) is 0.0476. The molecule has 0 radical (unpaired) electrons. The van der Waals surface area contributed by atoms with Crippen molar-refractivity contribution >= 4 is 32.3 Å². The SMILES string of the molecule is CS(=O)(=O)c1cccc(Oc2cccc(-c3ncnc4c(Cl)cccc34)c2)c1. The highest BCUT2D eigenvalue weighted by molar-refractivity contribution is 7.90. The van der Waals surface area contributed by atoms with E-state index in [0.29, 0.717) is 22.0 Å². The van der Waals surface area contributed by atoms with Crippen molar-refractivity contribution in [2.45, 2.75) is 4.90 Å². The van der Waals surface area contributed by atoms with Gasteiger partial charge in [0, 0.05) is 17.2 Å². The van der Waals surface area contributed by atoms with Gasteiger partial charge < -0.3 is 4.74 Å². The van der Waals surface area contributed by atoms with Crippen molar-refractivity contribution in [1.82, 2.24) is 9.97 Å². The van der Waals surface area contributed by atoms with Crippen LogP contribution in [0.1, 0.15) is 0 Å². The zero-order valence-corrected chi connectivity index (χ0v) is 16.4. The van der Waals surface area contributed by atoms with E-state index in [9.17, 15) is 8.42 Å². The minimum Gasteiger partial charge on any atom is -0.457 e. The van der Waals surface area contributed by atoms with Gasteiger partial charge in [0.05, 0.1) is 21.1 Å². The van der Waals surface area contributed by atoms with Crippen LogP contribution < -0.4 is 4.74 Å². The molecule has 0 amide bonds. The van der Waals surface area contributed by atoms with Crippen molar-refractivity contribution in [1.29, 1.82) is 0 Å². The minimum absolute atomic E-state index is 0.206. The van der Waals surface area contributed by atoms with Gasteiger partial charge in [-0.2, -0.15) is 0 Å². The van der Waals surface area contributed by atoms with E-state index < -0.39 is 9.84 Å². The number of aromatic nitrogens is 2. The van der Waals surface area contributed by atoms with Gasteiger partial charge in [-0.3, -0.25) is 0 Å². The molecule has 0 saturated heterocycles. The van der Waals surface area contributed by atoms with E-state index in [4.69, 9.17) is 16.3 Å². The molecule has 0 N–H and O–H groups in total. The first kappa shape index (κ1) is 18.4. The summed E-state index contributed by atoms with van der Waals surface area (Å²) in [7, 11) is -3.31. The lowest BCUT2D eigenvalue weighted by Crippen LogP contribution is -1.97. The number of para-hydroxylation sites is 1. The zero-order chi connectivity index (χ0) is 19.7. The van der Waals surface area contributed by atoms with Crippen LogP contribution in [-0.4, -0.2) is 24.6 Å². The average molecular weight is 411 g/mol. The maximum Gasteiger partial charge on any atom is 0.175 e. The van der Waals surface area contributed by atoms with E-state index in [0.717, 1.165) is 22.9 Å². The molecule has 0 bridgehead atoms. The van der Waals surface area contributed by atoms with Crippen molar-refractivity contribution in [2.75, 3.05) is 6.26 Å². The van der Waals surface area contributed by atoms with Gasteiger partial charge in [-0.15, -0.1) is 0 Å². The molecule has 28 heavy (non-hydrogen) atoms. The number of halogens is 1. The number of sulfone groups is 1. The fourth-order valence-corrected chi connectivity index (χ4v) is 3.77. The summed E-state index contributed by atoms with van der Waals surface area (Å²) < 4.78 is 29.4. The molecule has 1 heterocycles. The van der Waals surface area contributed by atoms with Gasteiger partial charge in [-0.05, 0) is 36.4 Å². The second-order valence-corrected chi connectivity index (χ2v) is 8.66. The van der Waals surface area contributed by atoms with E-state index in [1.165, 1.54) is 18.5 Å². The highest BCUT2D eigenvalue weighted by atomic mass is 35.5. The molecule has 0 spiro atoms. The Morgan fingerprint density at radius 3 is 2.39 bits per heavy atom. The summed E-state index contributed by atoms with van der Waals surface area (Å²) >= 11 is 6.24. The number of hydrogen-bond donors (Lipinski definition) is 0. The predicted octanol–water partition coefficient (Wildman–Crippen LogP) is 5.15. The van der Waals surface area contributed by atoms with Gasteiger partial charge in [0.2, 0.25) is 0 Å². The van der Waals surface area contributed by atoms with Crippen LogP contribution >= 0.6 is 11.6 Å². The Morgan fingerprint density at radius 2 is 1.61 bits per heavy atom. The van der Waals surface area contributed by atoms with Crippen LogP contribution in [0.2, 0.25) is 5.02 Å². The maximum atomic E-state index is 11.7. The standard InChI is InChI=1S/C21H15ClN2O3S/c1-28(25,26)17-8-3-7-16(12-17)27-15-6-2-5-14(11-15)20-18-9-4-10-19(22)21(18)24-13-23-20/h2-13H,1H3. The number of hydrogen-bond acceptors (Lipinski definition) is 5. The van der Waals surface area contributed by atoms with Crippen molar-refractivity contribution < 1.29 is 13.2 Å². The molecule has 0 atom stereocenters. The number of fused-ring (bicyclic) bond motifs is 1. The number of nitrogens with zero attached hydrogens (tertiary/aromatic N) is 2. The molecule has 0 aliphatic heterocycles. The number of ether oxygens (including phenoxy) is 1. The molecule has 3 aromatic carbocycles. The fourth-order valence-electron chi connectivity index (χ4n) is 2.89. The topological polar surface area (TPSA) is 69.2 Å². The maximum absolute atomic E-state index is 11.7. The molecule has 0 aliphatic rings. The van der Waals surface area contributed by atoms with Crippen LogP contribution in [0.25, 0.3) is 22.2 Å². The third kappa shape index (κ3) is 3.69. The van der Waals surface area contributed by atoms with Crippen LogP contribution in [0.5, 0.6) is 11.5 Å². The van der Waals surface area contributed by atoms with Gasteiger partial charge in [-0.25, -0.2) is 18.4 Å². The molecular formula is C21H15ClN2O3S. The molecule has 4 rings (SSSR count). The molecule has 7 heteroatoms. The second-order valence-electron chi connectivity index (χ2n) is 6.24. The van der Waals surface area contributed by atoms with Crippen molar-refractivity contribution in [3.63, 3.8) is 0 Å². The third-order valence-electron chi connectivity index (χ3n) is 4.19. The Hall–Kier alpha value is -2.96. The Kier molecular flexibility index (Phi) is 4.75. The van der Waals surface area contributed by atoms with Crippen LogP contribution in [-0.2, 0) is 9.84 Å². The van der Waals surface area contributed by atoms with Gasteiger partial charge in [0.15, 0.2) is 9.84 Å². The lowest BCUT2D eigenvalue weighted by Gasteiger charge is -2.10. The molecule has 0 aliphatic carbocycles. The highest BCUT2D eigenvalue weighted by Crippen LogP contribution is 2.32. The molecular weight excluding hydrogens is 396 g/mol. The molecule has 5 nitrogen and oxygen atoms in total. The Morgan fingerprint density at radius 1 is 0.893 bits per heavy atom. The first-order chi connectivity index (χ1) is 13.4. The number of benzene rings is 3. The van der Waals surface area contributed by atoms with E-state index in [1.54, 1.807) is 24.3 Å². The van der Waals surface area contributed by atoms with Crippen LogP contribution in [0.3, 0.4) is 0 Å². The molecule has 140 valence electrons. The summed E-state index contributed by atoms with van der Waals surface area (Å²) in [6.07, 6.45) is 2.64. The Bertz CT molecular complexity index is 1290. The summed E-state index contributed by atoms with van der Waals surface area (Å²) in [5.74, 6) is 1.01. The van der Waals surface area contributed by atoms with Gasteiger partial charge in [0.25, 0.3) is 0 Å². The van der Waals surface area contributed by atoms with Gasteiger partial charge >= 0.3 is 0 Å². The summed E-state index contributed by atoms with van der Waals surface area (Å²) in [6, 6.07) is 19.4. The molecule has 0 saturated carbocycles. The number of rotatable bonds is 4. The molecule has 1 aromatic heterocycles. The predicted molar refractivity (Wildman–Crippen MR) is 110 cm³/mol. The summed E-state index contributed by atoms with van der Waals surface area (Å²) in [5, 5.41) is 1.40. The average Bonchev–Trinajstić information content (AvgIpc) is 2.68. The van der Waals surface area contributed by atoms with Crippen LogP contribution in [0.4, 0.5) is 0 Å². The molecule has 4 aromatic rings. The monoisotopic (exact) mass is 410 g/mol. The Balaban J connectivity index is 1.73. The summed E-state index contributed by atoms with van der Waals surface area (Å²) in [6.45, 7) is 0. The lowest BCUT2D eigenvalue weighted by molar-refractivity contribution is 0.481. The van der Waals surface area contributed by atoms with E-state index >= 15 is 0 Å². The quantitative estimate of drug-likeness (QED) is 0.465. The van der Waals surface area contributed by atoms with Crippen LogP contribution in [0.15, 0.2) is 78.0 Å². The Labute approximate surface area is 167 Å². The van der Waals surface area contributed by atoms with Crippen LogP contribution in [0, 0.1) is 0 Å². The van der Waals surface area contributed by atoms with E-state index in [1.807, 2.05) is 30.3 Å². The normalized spacial score (nSPS) is 11.5. The highest BCUT2D eigenvalue weighted by Gasteiger charge is 2.11. The lowest BCUT2D eigenvalue weighted by atomic mass is 10.1. The summed E-state index contributed by atoms with van der Waals surface area (Å²) in [5.41, 5.74) is 2.26. The molecule has 0 unspecified atom stereocenters. The van der Waals surface area contributed by atoms with E-state index in [2.05, 4.69) is 9.97 Å². The van der Waals surface area contributed by atoms with Gasteiger partial charge in [-0.1, -0.05) is 41.9 Å². The third-order valence-corrected chi connectivity index (χ3v) is 5.61. The smallest absolute Gasteiger partial charge is 0.175 e. The van der Waals surface area contributed by atoms with E-state index in [-0.39, 0.29) is 4.90 Å². The first-order valence-electron chi connectivity index (χ1n) is 8.39. The minimum atomic E-state index is -3.31. The second kappa shape index (κ2) is 7.22. The van der Waals surface area contributed by atoms with Crippen molar-refractivity contribution in [3.8, 4) is 22.8 Å². The molecule has 0 fully saturated rings. The largest absolute Gasteiger partial charge is 0.457 e. The van der Waals surface area contributed by atoms with Gasteiger partial charge in [0.1, 0.15) is 17.8 Å². The van der Waals surface area contributed by atoms with Crippen molar-refractivity contribution in [2.24, 2.45) is 0 Å². The zero-order valence-electron chi connectivity index (χ0n) is 14.8. The summed E-state index contributed by atoms with van der Waals surface area (Å²) in [4.78, 5) is 8.87. The van der Waals surface area contributed by atoms with Crippen molar-refractivity contribution in [3.05, 3.63) is 78.1 Å².